The molecule has 1 rings (SSSR count). The SMILES string of the molecule is CCCNCC(=O)NCC1CCCC(C)C1. The zero-order chi connectivity index (χ0) is 11.8. The van der Waals surface area contributed by atoms with Gasteiger partial charge in [0, 0.05) is 6.54 Å². The van der Waals surface area contributed by atoms with Crippen LogP contribution in [-0.2, 0) is 4.79 Å². The molecule has 1 amide bonds. The Morgan fingerprint density at radius 3 is 2.88 bits per heavy atom. The number of amides is 1. The Balaban J connectivity index is 2.06. The Bertz CT molecular complexity index is 206. The summed E-state index contributed by atoms with van der Waals surface area (Å²) in [7, 11) is 0. The molecule has 0 aromatic rings. The van der Waals surface area contributed by atoms with E-state index in [0.717, 1.165) is 25.4 Å². The Labute approximate surface area is 99.4 Å². The van der Waals surface area contributed by atoms with E-state index in [-0.39, 0.29) is 5.91 Å². The Morgan fingerprint density at radius 1 is 1.38 bits per heavy atom. The van der Waals surface area contributed by atoms with Crippen molar-refractivity contribution in [2.24, 2.45) is 11.8 Å². The van der Waals surface area contributed by atoms with Crippen LogP contribution in [-0.4, -0.2) is 25.5 Å². The van der Waals surface area contributed by atoms with Crippen LogP contribution in [0.1, 0.15) is 46.0 Å². The third-order valence-corrected chi connectivity index (χ3v) is 3.35. The summed E-state index contributed by atoms with van der Waals surface area (Å²) in [6.45, 7) is 6.69. The molecule has 1 aliphatic carbocycles. The molecule has 3 heteroatoms. The van der Waals surface area contributed by atoms with Crippen molar-refractivity contribution in [3.63, 3.8) is 0 Å². The molecular weight excluding hydrogens is 200 g/mol. The van der Waals surface area contributed by atoms with Gasteiger partial charge in [-0.15, -0.1) is 0 Å². The minimum absolute atomic E-state index is 0.145. The second-order valence-corrected chi connectivity index (χ2v) is 5.12. The van der Waals surface area contributed by atoms with Crippen LogP contribution in [0.4, 0.5) is 0 Å². The minimum Gasteiger partial charge on any atom is -0.355 e. The molecule has 0 aromatic heterocycles. The van der Waals surface area contributed by atoms with Crippen molar-refractivity contribution in [1.29, 1.82) is 0 Å². The summed E-state index contributed by atoms with van der Waals surface area (Å²) in [4.78, 5) is 11.5. The van der Waals surface area contributed by atoms with Gasteiger partial charge in [0.25, 0.3) is 0 Å². The van der Waals surface area contributed by atoms with Gasteiger partial charge in [-0.2, -0.15) is 0 Å². The van der Waals surface area contributed by atoms with E-state index in [2.05, 4.69) is 24.5 Å². The minimum atomic E-state index is 0.145. The van der Waals surface area contributed by atoms with E-state index in [1.165, 1.54) is 25.7 Å². The maximum Gasteiger partial charge on any atom is 0.233 e. The van der Waals surface area contributed by atoms with Crippen LogP contribution < -0.4 is 10.6 Å². The quantitative estimate of drug-likeness (QED) is 0.679. The van der Waals surface area contributed by atoms with Crippen LogP contribution in [0.15, 0.2) is 0 Å². The molecule has 1 fully saturated rings. The van der Waals surface area contributed by atoms with Crippen molar-refractivity contribution >= 4 is 5.91 Å². The normalized spacial score (nSPS) is 25.4. The van der Waals surface area contributed by atoms with Gasteiger partial charge in [0.1, 0.15) is 0 Å². The van der Waals surface area contributed by atoms with Gasteiger partial charge >= 0.3 is 0 Å². The highest BCUT2D eigenvalue weighted by molar-refractivity contribution is 5.77. The summed E-state index contributed by atoms with van der Waals surface area (Å²) in [5.74, 6) is 1.69. The zero-order valence-corrected chi connectivity index (χ0v) is 10.7. The second kappa shape index (κ2) is 7.66. The highest BCUT2D eigenvalue weighted by Crippen LogP contribution is 2.27. The average Bonchev–Trinajstić information content (AvgIpc) is 2.27. The van der Waals surface area contributed by atoms with Crippen molar-refractivity contribution < 1.29 is 4.79 Å². The van der Waals surface area contributed by atoms with Crippen LogP contribution >= 0.6 is 0 Å². The highest BCUT2D eigenvalue weighted by atomic mass is 16.1. The van der Waals surface area contributed by atoms with Gasteiger partial charge < -0.3 is 10.6 Å². The average molecular weight is 226 g/mol. The lowest BCUT2D eigenvalue weighted by molar-refractivity contribution is -0.120. The predicted molar refractivity (Wildman–Crippen MR) is 67.3 cm³/mol. The number of rotatable bonds is 6. The monoisotopic (exact) mass is 226 g/mol. The summed E-state index contributed by atoms with van der Waals surface area (Å²) in [5, 5.41) is 6.15. The highest BCUT2D eigenvalue weighted by Gasteiger charge is 2.18. The van der Waals surface area contributed by atoms with Crippen molar-refractivity contribution in [3.8, 4) is 0 Å². The van der Waals surface area contributed by atoms with Gasteiger partial charge in [-0.1, -0.05) is 26.7 Å². The van der Waals surface area contributed by atoms with E-state index in [0.29, 0.717) is 12.5 Å². The van der Waals surface area contributed by atoms with Crippen LogP contribution in [0, 0.1) is 11.8 Å². The molecule has 94 valence electrons. The molecule has 2 atom stereocenters. The van der Waals surface area contributed by atoms with E-state index in [4.69, 9.17) is 0 Å². The maximum atomic E-state index is 11.5. The largest absolute Gasteiger partial charge is 0.355 e. The number of nitrogens with one attached hydrogen (secondary N) is 2. The van der Waals surface area contributed by atoms with Gasteiger partial charge in [-0.25, -0.2) is 0 Å². The Kier molecular flexibility index (Phi) is 6.46. The van der Waals surface area contributed by atoms with E-state index < -0.39 is 0 Å². The fraction of sp³-hybridized carbons (Fsp3) is 0.923. The summed E-state index contributed by atoms with van der Waals surface area (Å²) >= 11 is 0. The van der Waals surface area contributed by atoms with Gasteiger partial charge in [0.05, 0.1) is 6.54 Å². The molecule has 0 aliphatic heterocycles. The number of carbonyl (C=O) groups is 1. The number of hydrogen-bond acceptors (Lipinski definition) is 2. The second-order valence-electron chi connectivity index (χ2n) is 5.12. The van der Waals surface area contributed by atoms with Crippen molar-refractivity contribution in [1.82, 2.24) is 10.6 Å². The van der Waals surface area contributed by atoms with Crippen molar-refractivity contribution in [2.45, 2.75) is 46.0 Å². The first-order valence-electron chi connectivity index (χ1n) is 6.69. The molecule has 1 saturated carbocycles. The van der Waals surface area contributed by atoms with Gasteiger partial charge in [-0.05, 0) is 37.6 Å². The molecule has 0 heterocycles. The standard InChI is InChI=1S/C13H26N2O/c1-3-7-14-10-13(16)15-9-12-6-4-5-11(2)8-12/h11-12,14H,3-10H2,1-2H3,(H,15,16). The van der Waals surface area contributed by atoms with Crippen LogP contribution in [0.5, 0.6) is 0 Å². The number of hydrogen-bond donors (Lipinski definition) is 2. The summed E-state index contributed by atoms with van der Waals surface area (Å²) < 4.78 is 0. The molecule has 0 bridgehead atoms. The Morgan fingerprint density at radius 2 is 2.19 bits per heavy atom. The van der Waals surface area contributed by atoms with Crippen molar-refractivity contribution in [3.05, 3.63) is 0 Å². The smallest absolute Gasteiger partial charge is 0.233 e. The third kappa shape index (κ3) is 5.50. The molecule has 2 N–H and O–H groups in total. The molecule has 0 aromatic carbocycles. The summed E-state index contributed by atoms with van der Waals surface area (Å²) in [6, 6.07) is 0. The zero-order valence-electron chi connectivity index (χ0n) is 10.7. The lowest BCUT2D eigenvalue weighted by Gasteiger charge is -2.26. The first-order chi connectivity index (χ1) is 7.72. The molecule has 1 aliphatic rings. The van der Waals surface area contributed by atoms with Crippen LogP contribution in [0.3, 0.4) is 0 Å². The molecule has 16 heavy (non-hydrogen) atoms. The van der Waals surface area contributed by atoms with Gasteiger partial charge in [-0.3, -0.25) is 4.79 Å². The lowest BCUT2D eigenvalue weighted by Crippen LogP contribution is -2.37. The third-order valence-electron chi connectivity index (χ3n) is 3.35. The predicted octanol–water partition coefficient (Wildman–Crippen LogP) is 1.93. The van der Waals surface area contributed by atoms with E-state index in [1.807, 2.05) is 0 Å². The van der Waals surface area contributed by atoms with E-state index in [9.17, 15) is 4.79 Å². The molecular formula is C13H26N2O. The summed E-state index contributed by atoms with van der Waals surface area (Å²) in [5.41, 5.74) is 0. The molecule has 0 radical (unpaired) electrons. The maximum absolute atomic E-state index is 11.5. The van der Waals surface area contributed by atoms with Crippen LogP contribution in [0.2, 0.25) is 0 Å². The van der Waals surface area contributed by atoms with Crippen molar-refractivity contribution in [2.75, 3.05) is 19.6 Å². The first kappa shape index (κ1) is 13.5. The first-order valence-corrected chi connectivity index (χ1v) is 6.69. The fourth-order valence-electron chi connectivity index (χ4n) is 2.44. The summed E-state index contributed by atoms with van der Waals surface area (Å²) in [6.07, 6.45) is 6.33. The van der Waals surface area contributed by atoms with E-state index in [1.54, 1.807) is 0 Å². The van der Waals surface area contributed by atoms with Crippen LogP contribution in [0.25, 0.3) is 0 Å². The number of carbonyl (C=O) groups excluding carboxylic acids is 1. The molecule has 0 saturated heterocycles. The van der Waals surface area contributed by atoms with Gasteiger partial charge in [0.2, 0.25) is 5.91 Å². The topological polar surface area (TPSA) is 41.1 Å². The Hall–Kier alpha value is -0.570. The lowest BCUT2D eigenvalue weighted by atomic mass is 9.82. The molecule has 2 unspecified atom stereocenters. The molecule has 3 nitrogen and oxygen atoms in total. The molecule has 0 spiro atoms. The van der Waals surface area contributed by atoms with E-state index >= 15 is 0 Å². The fourth-order valence-corrected chi connectivity index (χ4v) is 2.44. The van der Waals surface area contributed by atoms with Gasteiger partial charge in [0.15, 0.2) is 0 Å².